The molecule has 3 nitrogen and oxygen atoms in total. The second kappa shape index (κ2) is 7.93. The molecule has 0 bridgehead atoms. The molecule has 1 amide bonds. The Labute approximate surface area is 123 Å². The molecule has 112 valence electrons. The van der Waals surface area contributed by atoms with Gasteiger partial charge >= 0.3 is 0 Å². The van der Waals surface area contributed by atoms with Crippen molar-refractivity contribution < 1.29 is 4.79 Å². The Bertz CT molecular complexity index is 443. The van der Waals surface area contributed by atoms with Crippen molar-refractivity contribution in [2.24, 2.45) is 0 Å². The highest BCUT2D eigenvalue weighted by atomic mass is 16.2. The van der Waals surface area contributed by atoms with Crippen molar-refractivity contribution in [2.75, 3.05) is 18.9 Å². The Morgan fingerprint density at radius 1 is 1.30 bits per heavy atom. The lowest BCUT2D eigenvalue weighted by Gasteiger charge is -2.26. The number of rotatable bonds is 7. The quantitative estimate of drug-likeness (QED) is 0.814. The molecule has 0 fully saturated rings. The molecule has 0 radical (unpaired) electrons. The van der Waals surface area contributed by atoms with Crippen LogP contribution in [-0.4, -0.2) is 30.4 Å². The van der Waals surface area contributed by atoms with Crippen molar-refractivity contribution in [1.82, 2.24) is 4.90 Å². The Balaban J connectivity index is 2.97. The molecular weight excluding hydrogens is 248 g/mol. The van der Waals surface area contributed by atoms with Crippen LogP contribution < -0.4 is 5.32 Å². The highest BCUT2D eigenvalue weighted by molar-refractivity contribution is 5.99. The van der Waals surface area contributed by atoms with Gasteiger partial charge in [0.15, 0.2) is 0 Å². The molecule has 0 spiro atoms. The van der Waals surface area contributed by atoms with E-state index < -0.39 is 0 Å². The van der Waals surface area contributed by atoms with Crippen LogP contribution in [0, 0.1) is 6.92 Å². The fraction of sp³-hybridized carbons (Fsp3) is 0.588. The van der Waals surface area contributed by atoms with Crippen LogP contribution in [0.15, 0.2) is 18.2 Å². The molecule has 0 saturated carbocycles. The third-order valence-electron chi connectivity index (χ3n) is 3.66. The SMILES string of the molecule is CCCNc1ccc(C)cc1C(=O)N(C)C(C)CCC. The summed E-state index contributed by atoms with van der Waals surface area (Å²) in [4.78, 5) is 14.5. The molecule has 1 aromatic carbocycles. The Morgan fingerprint density at radius 2 is 2.00 bits per heavy atom. The van der Waals surface area contributed by atoms with Crippen molar-refractivity contribution in [3.8, 4) is 0 Å². The molecule has 0 saturated heterocycles. The summed E-state index contributed by atoms with van der Waals surface area (Å²) in [5, 5.41) is 3.35. The van der Waals surface area contributed by atoms with Crippen LogP contribution in [0.2, 0.25) is 0 Å². The number of nitrogens with zero attached hydrogens (tertiary/aromatic N) is 1. The van der Waals surface area contributed by atoms with E-state index in [1.165, 1.54) is 0 Å². The topological polar surface area (TPSA) is 32.3 Å². The van der Waals surface area contributed by atoms with Crippen LogP contribution in [0.5, 0.6) is 0 Å². The number of amides is 1. The first-order valence-corrected chi connectivity index (χ1v) is 7.62. The normalized spacial score (nSPS) is 12.1. The predicted octanol–water partition coefficient (Wildman–Crippen LogP) is 4.08. The number of aryl methyl sites for hydroxylation is 1. The lowest BCUT2D eigenvalue weighted by molar-refractivity contribution is 0.0737. The van der Waals surface area contributed by atoms with Gasteiger partial charge in [0.25, 0.3) is 5.91 Å². The summed E-state index contributed by atoms with van der Waals surface area (Å²) >= 11 is 0. The molecule has 3 heteroatoms. The molecule has 0 aliphatic carbocycles. The van der Waals surface area contributed by atoms with Crippen LogP contribution in [-0.2, 0) is 0 Å². The van der Waals surface area contributed by atoms with E-state index in [-0.39, 0.29) is 11.9 Å². The van der Waals surface area contributed by atoms with Gasteiger partial charge in [-0.05, 0) is 38.8 Å². The van der Waals surface area contributed by atoms with E-state index in [9.17, 15) is 4.79 Å². The first-order valence-electron chi connectivity index (χ1n) is 7.62. The molecular formula is C17H28N2O. The van der Waals surface area contributed by atoms with Crippen LogP contribution in [0.3, 0.4) is 0 Å². The monoisotopic (exact) mass is 276 g/mol. The number of benzene rings is 1. The molecule has 0 aliphatic heterocycles. The fourth-order valence-electron chi connectivity index (χ4n) is 2.25. The van der Waals surface area contributed by atoms with Gasteiger partial charge in [-0.1, -0.05) is 31.9 Å². The third kappa shape index (κ3) is 4.26. The van der Waals surface area contributed by atoms with E-state index >= 15 is 0 Å². The van der Waals surface area contributed by atoms with Gasteiger partial charge in [-0.2, -0.15) is 0 Å². The predicted molar refractivity (Wildman–Crippen MR) is 86.4 cm³/mol. The van der Waals surface area contributed by atoms with Crippen LogP contribution >= 0.6 is 0 Å². The van der Waals surface area contributed by atoms with Gasteiger partial charge in [0.1, 0.15) is 0 Å². The van der Waals surface area contributed by atoms with Crippen molar-refractivity contribution in [2.45, 2.75) is 53.0 Å². The maximum atomic E-state index is 12.7. The first kappa shape index (κ1) is 16.5. The molecule has 1 atom stereocenters. The molecule has 1 rings (SSSR count). The van der Waals surface area contributed by atoms with E-state index in [1.807, 2.05) is 37.1 Å². The van der Waals surface area contributed by atoms with Crippen LogP contribution in [0.1, 0.15) is 56.0 Å². The zero-order valence-corrected chi connectivity index (χ0v) is 13.5. The summed E-state index contributed by atoms with van der Waals surface area (Å²) < 4.78 is 0. The molecule has 1 aromatic rings. The van der Waals surface area contributed by atoms with Crippen molar-refractivity contribution in [3.63, 3.8) is 0 Å². The standard InChI is InChI=1S/C17H28N2O/c1-6-8-14(4)19(5)17(20)15-12-13(3)9-10-16(15)18-11-7-2/h9-10,12,14,18H,6-8,11H2,1-5H3. The summed E-state index contributed by atoms with van der Waals surface area (Å²) in [6.45, 7) is 9.29. The lowest BCUT2D eigenvalue weighted by Crippen LogP contribution is -2.35. The number of hydrogen-bond acceptors (Lipinski definition) is 2. The minimum Gasteiger partial charge on any atom is -0.384 e. The summed E-state index contributed by atoms with van der Waals surface area (Å²) in [6.07, 6.45) is 3.17. The van der Waals surface area contributed by atoms with E-state index in [4.69, 9.17) is 0 Å². The summed E-state index contributed by atoms with van der Waals surface area (Å²) in [5.74, 6) is 0.105. The summed E-state index contributed by atoms with van der Waals surface area (Å²) in [6, 6.07) is 6.31. The van der Waals surface area contributed by atoms with Gasteiger partial charge in [0, 0.05) is 25.3 Å². The average molecular weight is 276 g/mol. The molecule has 1 unspecified atom stereocenters. The first-order chi connectivity index (χ1) is 9.51. The Kier molecular flexibility index (Phi) is 6.56. The lowest BCUT2D eigenvalue weighted by atomic mass is 10.1. The van der Waals surface area contributed by atoms with Crippen molar-refractivity contribution in [3.05, 3.63) is 29.3 Å². The van der Waals surface area contributed by atoms with E-state index in [0.29, 0.717) is 0 Å². The van der Waals surface area contributed by atoms with Crippen molar-refractivity contribution >= 4 is 11.6 Å². The maximum Gasteiger partial charge on any atom is 0.255 e. The largest absolute Gasteiger partial charge is 0.384 e. The van der Waals surface area contributed by atoms with Crippen LogP contribution in [0.25, 0.3) is 0 Å². The maximum absolute atomic E-state index is 12.7. The molecule has 20 heavy (non-hydrogen) atoms. The minimum absolute atomic E-state index is 0.105. The molecule has 1 N–H and O–H groups in total. The van der Waals surface area contributed by atoms with Gasteiger partial charge < -0.3 is 10.2 Å². The second-order valence-corrected chi connectivity index (χ2v) is 5.53. The minimum atomic E-state index is 0.105. The number of carbonyl (C=O) groups is 1. The Morgan fingerprint density at radius 3 is 2.60 bits per heavy atom. The number of nitrogens with one attached hydrogen (secondary N) is 1. The third-order valence-corrected chi connectivity index (χ3v) is 3.66. The van der Waals surface area contributed by atoms with E-state index in [1.54, 1.807) is 0 Å². The van der Waals surface area contributed by atoms with Gasteiger partial charge in [-0.15, -0.1) is 0 Å². The highest BCUT2D eigenvalue weighted by Gasteiger charge is 2.19. The number of hydrogen-bond donors (Lipinski definition) is 1. The summed E-state index contributed by atoms with van der Waals surface area (Å²) in [5.41, 5.74) is 2.84. The summed E-state index contributed by atoms with van der Waals surface area (Å²) in [7, 11) is 1.90. The van der Waals surface area contributed by atoms with Crippen LogP contribution in [0.4, 0.5) is 5.69 Å². The Hall–Kier alpha value is -1.51. The molecule has 0 aromatic heterocycles. The zero-order chi connectivity index (χ0) is 15.1. The smallest absolute Gasteiger partial charge is 0.255 e. The second-order valence-electron chi connectivity index (χ2n) is 5.53. The van der Waals surface area contributed by atoms with Gasteiger partial charge in [0.2, 0.25) is 0 Å². The van der Waals surface area contributed by atoms with Gasteiger partial charge in [-0.25, -0.2) is 0 Å². The molecule has 0 aliphatic rings. The van der Waals surface area contributed by atoms with E-state index in [2.05, 4.69) is 26.1 Å². The average Bonchev–Trinajstić information content (AvgIpc) is 2.44. The number of anilines is 1. The fourth-order valence-corrected chi connectivity index (χ4v) is 2.25. The van der Waals surface area contributed by atoms with Gasteiger partial charge in [0.05, 0.1) is 5.56 Å². The highest BCUT2D eigenvalue weighted by Crippen LogP contribution is 2.20. The van der Waals surface area contributed by atoms with Gasteiger partial charge in [-0.3, -0.25) is 4.79 Å². The molecule has 0 heterocycles. The van der Waals surface area contributed by atoms with Crippen molar-refractivity contribution in [1.29, 1.82) is 0 Å². The number of carbonyl (C=O) groups excluding carboxylic acids is 1. The van der Waals surface area contributed by atoms with E-state index in [0.717, 1.165) is 42.6 Å². The zero-order valence-electron chi connectivity index (χ0n) is 13.5.